The van der Waals surface area contributed by atoms with Gasteiger partial charge in [0.2, 0.25) is 0 Å². The van der Waals surface area contributed by atoms with E-state index in [1.54, 1.807) is 0 Å². The van der Waals surface area contributed by atoms with Crippen LogP contribution in [-0.2, 0) is 0 Å². The number of aliphatic hydroxyl groups is 1. The van der Waals surface area contributed by atoms with Gasteiger partial charge in [-0.1, -0.05) is 40.5 Å². The molecule has 5 unspecified atom stereocenters. The molecule has 1 N–H and O–H groups in total. The number of hydrogen-bond acceptors (Lipinski definition) is 1. The van der Waals surface area contributed by atoms with Gasteiger partial charge in [0.15, 0.2) is 0 Å². The number of aliphatic hydroxyl groups excluding tert-OH is 1. The third kappa shape index (κ3) is 3.48. The van der Waals surface area contributed by atoms with Crippen molar-refractivity contribution in [3.63, 3.8) is 0 Å². The van der Waals surface area contributed by atoms with Crippen molar-refractivity contribution in [2.45, 2.75) is 65.9 Å². The summed E-state index contributed by atoms with van der Waals surface area (Å²) in [4.78, 5) is 0. The molecule has 1 heteroatoms. The first-order chi connectivity index (χ1) is 7.06. The second kappa shape index (κ2) is 5.89. The SMILES string of the molecule is CCCC(C)C(O)C1CCC(C)C(C)C1. The third-order valence-corrected chi connectivity index (χ3v) is 4.45. The minimum Gasteiger partial charge on any atom is -0.393 e. The van der Waals surface area contributed by atoms with Gasteiger partial charge in [-0.3, -0.25) is 0 Å². The maximum Gasteiger partial charge on any atom is 0.0594 e. The van der Waals surface area contributed by atoms with Crippen LogP contribution in [0, 0.1) is 23.7 Å². The van der Waals surface area contributed by atoms with Gasteiger partial charge in [0.25, 0.3) is 0 Å². The van der Waals surface area contributed by atoms with Crippen LogP contribution in [0.2, 0.25) is 0 Å². The summed E-state index contributed by atoms with van der Waals surface area (Å²) >= 11 is 0. The molecule has 0 aromatic rings. The lowest BCUT2D eigenvalue weighted by Gasteiger charge is -2.36. The van der Waals surface area contributed by atoms with Gasteiger partial charge in [0.05, 0.1) is 6.10 Å². The van der Waals surface area contributed by atoms with E-state index in [4.69, 9.17) is 0 Å². The van der Waals surface area contributed by atoms with Gasteiger partial charge in [-0.15, -0.1) is 0 Å². The van der Waals surface area contributed by atoms with E-state index in [9.17, 15) is 5.11 Å². The van der Waals surface area contributed by atoms with Crippen molar-refractivity contribution < 1.29 is 5.11 Å². The molecular formula is C14H28O. The average Bonchev–Trinajstić information content (AvgIpc) is 2.21. The van der Waals surface area contributed by atoms with Crippen molar-refractivity contribution in [3.8, 4) is 0 Å². The van der Waals surface area contributed by atoms with Crippen molar-refractivity contribution in [1.29, 1.82) is 0 Å². The van der Waals surface area contributed by atoms with Crippen LogP contribution in [-0.4, -0.2) is 11.2 Å². The highest BCUT2D eigenvalue weighted by Gasteiger charge is 2.31. The lowest BCUT2D eigenvalue weighted by Crippen LogP contribution is -2.33. The highest BCUT2D eigenvalue weighted by molar-refractivity contribution is 4.81. The topological polar surface area (TPSA) is 20.2 Å². The highest BCUT2D eigenvalue weighted by Crippen LogP contribution is 2.37. The molecule has 1 aliphatic rings. The van der Waals surface area contributed by atoms with Crippen LogP contribution < -0.4 is 0 Å². The minimum absolute atomic E-state index is 0.0556. The van der Waals surface area contributed by atoms with Crippen molar-refractivity contribution in [2.75, 3.05) is 0 Å². The first-order valence-electron chi connectivity index (χ1n) is 6.74. The summed E-state index contributed by atoms with van der Waals surface area (Å²) in [7, 11) is 0. The van der Waals surface area contributed by atoms with E-state index < -0.39 is 0 Å². The van der Waals surface area contributed by atoms with Crippen molar-refractivity contribution in [2.24, 2.45) is 23.7 Å². The molecule has 0 saturated heterocycles. The molecule has 0 heterocycles. The van der Waals surface area contributed by atoms with Crippen molar-refractivity contribution in [1.82, 2.24) is 0 Å². The molecule has 0 aromatic heterocycles. The van der Waals surface area contributed by atoms with Gasteiger partial charge in [-0.05, 0) is 42.9 Å². The predicted octanol–water partition coefficient (Wildman–Crippen LogP) is 3.86. The van der Waals surface area contributed by atoms with E-state index >= 15 is 0 Å². The van der Waals surface area contributed by atoms with Gasteiger partial charge in [0.1, 0.15) is 0 Å². The average molecular weight is 212 g/mol. The molecule has 0 aliphatic heterocycles. The standard InChI is InChI=1S/C14H28O/c1-5-6-11(3)14(15)13-8-7-10(2)12(4)9-13/h10-15H,5-9H2,1-4H3. The highest BCUT2D eigenvalue weighted by atomic mass is 16.3. The van der Waals surface area contributed by atoms with Gasteiger partial charge < -0.3 is 5.11 Å². The Labute approximate surface area is 95.3 Å². The molecule has 0 spiro atoms. The number of rotatable bonds is 4. The molecule has 1 aliphatic carbocycles. The van der Waals surface area contributed by atoms with Crippen LogP contribution in [0.1, 0.15) is 59.8 Å². The Bertz CT molecular complexity index is 178. The van der Waals surface area contributed by atoms with Crippen LogP contribution in [0.4, 0.5) is 0 Å². The molecule has 0 radical (unpaired) electrons. The maximum absolute atomic E-state index is 10.3. The Balaban J connectivity index is 2.43. The fourth-order valence-corrected chi connectivity index (χ4v) is 2.99. The summed E-state index contributed by atoms with van der Waals surface area (Å²) in [5.41, 5.74) is 0. The first-order valence-corrected chi connectivity index (χ1v) is 6.74. The molecule has 1 rings (SSSR count). The van der Waals surface area contributed by atoms with Gasteiger partial charge in [-0.2, -0.15) is 0 Å². The van der Waals surface area contributed by atoms with E-state index in [1.165, 1.54) is 32.1 Å². The zero-order valence-corrected chi connectivity index (χ0v) is 10.9. The molecule has 0 aromatic carbocycles. The third-order valence-electron chi connectivity index (χ3n) is 4.45. The Morgan fingerprint density at radius 1 is 1.20 bits per heavy atom. The quantitative estimate of drug-likeness (QED) is 0.750. The van der Waals surface area contributed by atoms with Crippen LogP contribution in [0.25, 0.3) is 0 Å². The van der Waals surface area contributed by atoms with E-state index in [0.29, 0.717) is 11.8 Å². The summed E-state index contributed by atoms with van der Waals surface area (Å²) in [5, 5.41) is 10.3. The lowest BCUT2D eigenvalue weighted by molar-refractivity contribution is 0.0169. The fraction of sp³-hybridized carbons (Fsp3) is 1.00. The molecule has 5 atom stereocenters. The predicted molar refractivity (Wildman–Crippen MR) is 65.7 cm³/mol. The van der Waals surface area contributed by atoms with Gasteiger partial charge in [-0.25, -0.2) is 0 Å². The maximum atomic E-state index is 10.3. The summed E-state index contributed by atoms with van der Waals surface area (Å²) < 4.78 is 0. The zero-order chi connectivity index (χ0) is 11.4. The molecule has 1 nitrogen and oxygen atoms in total. The second-order valence-corrected chi connectivity index (χ2v) is 5.78. The van der Waals surface area contributed by atoms with Crippen LogP contribution in [0.5, 0.6) is 0 Å². The Kier molecular flexibility index (Phi) is 5.11. The van der Waals surface area contributed by atoms with E-state index in [0.717, 1.165) is 11.8 Å². The Hall–Kier alpha value is -0.0400. The van der Waals surface area contributed by atoms with Crippen molar-refractivity contribution >= 4 is 0 Å². The molecule has 1 saturated carbocycles. The Morgan fingerprint density at radius 3 is 2.40 bits per heavy atom. The first kappa shape index (κ1) is 13.0. The molecule has 1 fully saturated rings. The van der Waals surface area contributed by atoms with E-state index in [-0.39, 0.29) is 6.10 Å². The van der Waals surface area contributed by atoms with Crippen LogP contribution >= 0.6 is 0 Å². The second-order valence-electron chi connectivity index (χ2n) is 5.78. The lowest BCUT2D eigenvalue weighted by atomic mass is 9.71. The summed E-state index contributed by atoms with van der Waals surface area (Å²) in [6, 6.07) is 0. The largest absolute Gasteiger partial charge is 0.393 e. The summed E-state index contributed by atoms with van der Waals surface area (Å²) in [6.07, 6.45) is 6.08. The molecular weight excluding hydrogens is 184 g/mol. The van der Waals surface area contributed by atoms with E-state index in [1.807, 2.05) is 0 Å². The monoisotopic (exact) mass is 212 g/mol. The Morgan fingerprint density at radius 2 is 1.87 bits per heavy atom. The normalized spacial score (nSPS) is 36.2. The van der Waals surface area contributed by atoms with Gasteiger partial charge in [0, 0.05) is 0 Å². The smallest absolute Gasteiger partial charge is 0.0594 e. The molecule has 90 valence electrons. The van der Waals surface area contributed by atoms with Crippen LogP contribution in [0.3, 0.4) is 0 Å². The van der Waals surface area contributed by atoms with E-state index in [2.05, 4.69) is 27.7 Å². The molecule has 0 amide bonds. The van der Waals surface area contributed by atoms with Gasteiger partial charge >= 0.3 is 0 Å². The fourth-order valence-electron chi connectivity index (χ4n) is 2.99. The zero-order valence-electron chi connectivity index (χ0n) is 10.9. The van der Waals surface area contributed by atoms with Crippen LogP contribution in [0.15, 0.2) is 0 Å². The number of hydrogen-bond donors (Lipinski definition) is 1. The van der Waals surface area contributed by atoms with Crippen molar-refractivity contribution in [3.05, 3.63) is 0 Å². The summed E-state index contributed by atoms with van der Waals surface area (Å²) in [5.74, 6) is 2.71. The minimum atomic E-state index is -0.0556. The molecule has 0 bridgehead atoms. The molecule has 15 heavy (non-hydrogen) atoms. The summed E-state index contributed by atoms with van der Waals surface area (Å²) in [6.45, 7) is 9.10.